The van der Waals surface area contributed by atoms with Crippen molar-refractivity contribution in [3.63, 3.8) is 0 Å². The number of rotatable bonds is 7. The van der Waals surface area contributed by atoms with E-state index in [2.05, 4.69) is 34.7 Å². The fraction of sp³-hybridized carbons (Fsp3) is 0.409. The van der Waals surface area contributed by atoms with E-state index in [-0.39, 0.29) is 30.1 Å². The summed E-state index contributed by atoms with van der Waals surface area (Å²) in [4.78, 5) is 4.31. The van der Waals surface area contributed by atoms with E-state index in [0.29, 0.717) is 30.6 Å². The Labute approximate surface area is 195 Å². The van der Waals surface area contributed by atoms with Gasteiger partial charge >= 0.3 is 0 Å². The lowest BCUT2D eigenvalue weighted by Crippen LogP contribution is -2.30. The average Bonchev–Trinajstić information content (AvgIpc) is 3.09. The van der Waals surface area contributed by atoms with Crippen molar-refractivity contribution in [1.29, 1.82) is 0 Å². The summed E-state index contributed by atoms with van der Waals surface area (Å²) < 4.78 is 22.4. The van der Waals surface area contributed by atoms with Crippen LogP contribution in [-0.2, 0) is 13.0 Å². The van der Waals surface area contributed by atoms with Crippen molar-refractivity contribution in [3.05, 3.63) is 41.5 Å². The third kappa shape index (κ3) is 5.62. The molecule has 0 aliphatic carbocycles. The number of methoxy groups -OCH3 is 2. The molecular formula is C22H30IN3O4. The zero-order chi connectivity index (χ0) is 20.8. The first-order chi connectivity index (χ1) is 14.1. The van der Waals surface area contributed by atoms with Crippen LogP contribution in [0.2, 0.25) is 0 Å². The van der Waals surface area contributed by atoms with Gasteiger partial charge in [0.15, 0.2) is 17.5 Å². The first-order valence-corrected chi connectivity index (χ1v) is 9.72. The van der Waals surface area contributed by atoms with E-state index in [1.165, 1.54) is 5.56 Å². The van der Waals surface area contributed by atoms with E-state index < -0.39 is 0 Å². The number of benzene rings is 2. The minimum Gasteiger partial charge on any atom is -0.494 e. The van der Waals surface area contributed by atoms with Crippen LogP contribution in [-0.4, -0.2) is 39.9 Å². The number of fused-ring (bicyclic) bond motifs is 1. The minimum atomic E-state index is 0. The number of hydrogen-bond acceptors (Lipinski definition) is 5. The van der Waals surface area contributed by atoms with Crippen LogP contribution in [0.25, 0.3) is 0 Å². The number of anilines is 1. The number of nitrogens with one attached hydrogen (secondary N) is 2. The van der Waals surface area contributed by atoms with Crippen LogP contribution >= 0.6 is 24.0 Å². The van der Waals surface area contributed by atoms with Crippen molar-refractivity contribution in [1.82, 2.24) is 5.32 Å². The molecule has 0 bridgehead atoms. The van der Waals surface area contributed by atoms with Crippen molar-refractivity contribution >= 4 is 35.6 Å². The highest BCUT2D eigenvalue weighted by molar-refractivity contribution is 14.0. The standard InChI is InChI=1S/C22H29N3O4.HI/c1-6-28-19-10-15-9-14(2)29-20(15)11-16(19)13-24-22(23-3)25-17-7-8-18(26-4)21(12-17)27-5;/h7-8,10-12,14H,6,9,13H2,1-5H3,(H2,23,24,25);1H. The maximum Gasteiger partial charge on any atom is 0.195 e. The molecule has 0 saturated carbocycles. The Kier molecular flexibility index (Phi) is 8.88. The number of nitrogens with zero attached hydrogens (tertiary/aromatic N) is 1. The second kappa shape index (κ2) is 11.1. The highest BCUT2D eigenvalue weighted by Gasteiger charge is 2.22. The Bertz CT molecular complexity index is 889. The van der Waals surface area contributed by atoms with Crippen LogP contribution < -0.4 is 29.6 Å². The van der Waals surface area contributed by atoms with E-state index in [0.717, 1.165) is 29.2 Å². The zero-order valence-corrected chi connectivity index (χ0v) is 20.4. The van der Waals surface area contributed by atoms with Crippen molar-refractivity contribution in [2.24, 2.45) is 4.99 Å². The number of hydrogen-bond donors (Lipinski definition) is 2. The lowest BCUT2D eigenvalue weighted by atomic mass is 10.1. The van der Waals surface area contributed by atoms with Gasteiger partial charge in [-0.25, -0.2) is 0 Å². The molecule has 1 heterocycles. The second-order valence-electron chi connectivity index (χ2n) is 6.75. The maximum atomic E-state index is 5.90. The molecule has 1 atom stereocenters. The van der Waals surface area contributed by atoms with Gasteiger partial charge in [-0.1, -0.05) is 0 Å². The van der Waals surface area contributed by atoms with E-state index >= 15 is 0 Å². The summed E-state index contributed by atoms with van der Waals surface area (Å²) in [6.45, 7) is 5.22. The monoisotopic (exact) mass is 527 g/mol. The van der Waals surface area contributed by atoms with Crippen molar-refractivity contribution in [2.45, 2.75) is 32.9 Å². The van der Waals surface area contributed by atoms with Crippen LogP contribution in [0.5, 0.6) is 23.0 Å². The highest BCUT2D eigenvalue weighted by Crippen LogP contribution is 2.35. The first kappa shape index (κ1) is 23.9. The molecule has 2 aromatic rings. The van der Waals surface area contributed by atoms with Gasteiger partial charge in [0.05, 0.1) is 20.8 Å². The number of ether oxygens (including phenoxy) is 4. The molecule has 30 heavy (non-hydrogen) atoms. The number of halogens is 1. The smallest absolute Gasteiger partial charge is 0.195 e. The molecule has 0 spiro atoms. The third-order valence-electron chi connectivity index (χ3n) is 4.70. The highest BCUT2D eigenvalue weighted by atomic mass is 127. The fourth-order valence-electron chi connectivity index (χ4n) is 3.32. The fourth-order valence-corrected chi connectivity index (χ4v) is 3.32. The van der Waals surface area contributed by atoms with Gasteiger partial charge < -0.3 is 29.6 Å². The quantitative estimate of drug-likeness (QED) is 0.319. The molecule has 2 N–H and O–H groups in total. The maximum absolute atomic E-state index is 5.90. The Morgan fingerprint density at radius 2 is 1.90 bits per heavy atom. The third-order valence-corrected chi connectivity index (χ3v) is 4.70. The molecule has 0 amide bonds. The minimum absolute atomic E-state index is 0. The largest absolute Gasteiger partial charge is 0.494 e. The summed E-state index contributed by atoms with van der Waals surface area (Å²) in [6, 6.07) is 9.76. The summed E-state index contributed by atoms with van der Waals surface area (Å²) in [6.07, 6.45) is 1.10. The molecule has 0 saturated heterocycles. The Hall–Kier alpha value is -2.36. The lowest BCUT2D eigenvalue weighted by Gasteiger charge is -2.16. The van der Waals surface area contributed by atoms with Crippen molar-refractivity contribution in [3.8, 4) is 23.0 Å². The van der Waals surface area contributed by atoms with Crippen LogP contribution in [0.3, 0.4) is 0 Å². The predicted molar refractivity (Wildman–Crippen MR) is 130 cm³/mol. The summed E-state index contributed by atoms with van der Waals surface area (Å²) in [5.41, 5.74) is 3.05. The Morgan fingerprint density at radius 3 is 2.57 bits per heavy atom. The number of guanidine groups is 1. The van der Waals surface area contributed by atoms with Crippen molar-refractivity contribution < 1.29 is 18.9 Å². The average molecular weight is 527 g/mol. The Balaban J connectivity index is 0.00000320. The molecule has 0 fully saturated rings. The van der Waals surface area contributed by atoms with Gasteiger partial charge in [0.2, 0.25) is 0 Å². The molecule has 2 aromatic carbocycles. The van der Waals surface area contributed by atoms with Crippen LogP contribution in [0, 0.1) is 0 Å². The molecule has 1 unspecified atom stereocenters. The van der Waals surface area contributed by atoms with Gasteiger partial charge in [0, 0.05) is 42.9 Å². The molecule has 1 aliphatic rings. The topological polar surface area (TPSA) is 73.3 Å². The van der Waals surface area contributed by atoms with E-state index in [9.17, 15) is 0 Å². The normalized spacial score (nSPS) is 14.8. The molecule has 0 radical (unpaired) electrons. The van der Waals surface area contributed by atoms with Gasteiger partial charge in [-0.15, -0.1) is 24.0 Å². The predicted octanol–water partition coefficient (Wildman–Crippen LogP) is 4.23. The summed E-state index contributed by atoms with van der Waals surface area (Å²) in [7, 11) is 4.95. The lowest BCUT2D eigenvalue weighted by molar-refractivity contribution is 0.254. The summed E-state index contributed by atoms with van der Waals surface area (Å²) in [5.74, 6) is 3.76. The van der Waals surface area contributed by atoms with Crippen molar-refractivity contribution in [2.75, 3.05) is 33.2 Å². The van der Waals surface area contributed by atoms with Crippen LogP contribution in [0.4, 0.5) is 5.69 Å². The van der Waals surface area contributed by atoms with Gasteiger partial charge in [-0.2, -0.15) is 0 Å². The SMILES string of the molecule is CCOc1cc2c(cc1CNC(=NC)Nc1ccc(OC)c(OC)c1)OC(C)C2.I. The number of aliphatic imine (C=N–C) groups is 1. The van der Waals surface area contributed by atoms with E-state index in [1.54, 1.807) is 21.3 Å². The van der Waals surface area contributed by atoms with Gasteiger partial charge in [0.25, 0.3) is 0 Å². The van der Waals surface area contributed by atoms with Gasteiger partial charge in [0.1, 0.15) is 17.6 Å². The molecule has 7 nitrogen and oxygen atoms in total. The van der Waals surface area contributed by atoms with Gasteiger partial charge in [-0.05, 0) is 38.1 Å². The zero-order valence-electron chi connectivity index (χ0n) is 18.1. The molecule has 8 heteroatoms. The molecular weight excluding hydrogens is 497 g/mol. The van der Waals surface area contributed by atoms with Crippen LogP contribution in [0.1, 0.15) is 25.0 Å². The van der Waals surface area contributed by atoms with E-state index in [4.69, 9.17) is 18.9 Å². The van der Waals surface area contributed by atoms with Crippen LogP contribution in [0.15, 0.2) is 35.3 Å². The van der Waals surface area contributed by atoms with E-state index in [1.807, 2.05) is 25.1 Å². The molecule has 3 rings (SSSR count). The Morgan fingerprint density at radius 1 is 1.13 bits per heavy atom. The molecule has 164 valence electrons. The summed E-state index contributed by atoms with van der Waals surface area (Å²) >= 11 is 0. The molecule has 1 aliphatic heterocycles. The van der Waals surface area contributed by atoms with Gasteiger partial charge in [-0.3, -0.25) is 4.99 Å². The first-order valence-electron chi connectivity index (χ1n) is 9.72. The summed E-state index contributed by atoms with van der Waals surface area (Å²) in [5, 5.41) is 6.60. The second-order valence-corrected chi connectivity index (χ2v) is 6.75. The molecule has 0 aromatic heterocycles.